The number of amides is 1. The van der Waals surface area contributed by atoms with Gasteiger partial charge in [0, 0.05) is 25.7 Å². The zero-order valence-electron chi connectivity index (χ0n) is 17.4. The van der Waals surface area contributed by atoms with Crippen LogP contribution in [0.25, 0.3) is 6.08 Å². The van der Waals surface area contributed by atoms with Gasteiger partial charge in [0.25, 0.3) is 0 Å². The van der Waals surface area contributed by atoms with E-state index in [1.807, 2.05) is 0 Å². The van der Waals surface area contributed by atoms with Crippen molar-refractivity contribution in [3.8, 4) is 11.5 Å². The number of hydrogen-bond donors (Lipinski definition) is 1. The van der Waals surface area contributed by atoms with Gasteiger partial charge in [0.15, 0.2) is 11.5 Å². The van der Waals surface area contributed by atoms with E-state index < -0.39 is 10.0 Å². The first-order chi connectivity index (χ1) is 14.8. The van der Waals surface area contributed by atoms with Crippen LogP contribution in [-0.2, 0) is 21.4 Å². The molecular formula is C22H25ClN2O5S. The highest BCUT2D eigenvalue weighted by atomic mass is 35.5. The molecule has 1 amide bonds. The Bertz CT molecular complexity index is 1060. The number of rotatable bonds is 8. The van der Waals surface area contributed by atoms with Gasteiger partial charge in [-0.15, -0.1) is 0 Å². The Hall–Kier alpha value is -2.55. The van der Waals surface area contributed by atoms with Crippen LogP contribution in [0, 0.1) is 0 Å². The van der Waals surface area contributed by atoms with Crippen LogP contribution < -0.4 is 14.8 Å². The molecule has 0 aliphatic carbocycles. The first kappa shape index (κ1) is 23.1. The maximum absolute atomic E-state index is 12.6. The fraction of sp³-hybridized carbons (Fsp3) is 0.318. The van der Waals surface area contributed by atoms with E-state index >= 15 is 0 Å². The molecule has 1 fully saturated rings. The van der Waals surface area contributed by atoms with Crippen LogP contribution in [0.4, 0.5) is 0 Å². The minimum absolute atomic E-state index is 0.273. The van der Waals surface area contributed by atoms with Crippen LogP contribution in [-0.4, -0.2) is 45.9 Å². The number of carbonyl (C=O) groups is 1. The van der Waals surface area contributed by atoms with E-state index in [2.05, 4.69) is 5.32 Å². The molecule has 0 atom stereocenters. The van der Waals surface area contributed by atoms with Crippen LogP contribution in [0.2, 0.25) is 5.02 Å². The third-order valence-corrected chi connectivity index (χ3v) is 7.17. The number of halogens is 1. The second-order valence-corrected chi connectivity index (χ2v) is 9.39. The van der Waals surface area contributed by atoms with Crippen LogP contribution in [0.5, 0.6) is 11.5 Å². The van der Waals surface area contributed by atoms with E-state index in [1.54, 1.807) is 42.5 Å². The summed E-state index contributed by atoms with van der Waals surface area (Å²) in [5, 5.41) is 3.15. The normalized spacial score (nSPS) is 14.7. The molecule has 1 saturated heterocycles. The molecule has 2 aromatic rings. The van der Waals surface area contributed by atoms with Gasteiger partial charge in [-0.25, -0.2) is 8.42 Å². The van der Waals surface area contributed by atoms with Crippen molar-refractivity contribution in [1.29, 1.82) is 0 Å². The maximum Gasteiger partial charge on any atom is 0.244 e. The summed E-state index contributed by atoms with van der Waals surface area (Å²) in [5.41, 5.74) is 1.49. The Labute approximate surface area is 187 Å². The first-order valence-corrected chi connectivity index (χ1v) is 11.6. The molecule has 0 radical (unpaired) electrons. The Kier molecular flexibility index (Phi) is 7.59. The summed E-state index contributed by atoms with van der Waals surface area (Å²) in [7, 11) is -0.425. The summed E-state index contributed by atoms with van der Waals surface area (Å²) in [6.07, 6.45) is 4.80. The summed E-state index contributed by atoms with van der Waals surface area (Å²) in [6.45, 7) is 1.41. The zero-order chi connectivity index (χ0) is 22.4. The van der Waals surface area contributed by atoms with Crippen LogP contribution >= 0.6 is 11.6 Å². The van der Waals surface area contributed by atoms with Gasteiger partial charge >= 0.3 is 0 Å². The number of nitrogens with zero attached hydrogens (tertiary/aromatic N) is 1. The van der Waals surface area contributed by atoms with Gasteiger partial charge in [-0.2, -0.15) is 4.31 Å². The summed E-state index contributed by atoms with van der Waals surface area (Å²) in [4.78, 5) is 12.4. The van der Waals surface area contributed by atoms with E-state index in [-0.39, 0.29) is 17.3 Å². The summed E-state index contributed by atoms with van der Waals surface area (Å²) in [5.74, 6) is 0.611. The molecule has 1 aliphatic heterocycles. The lowest BCUT2D eigenvalue weighted by atomic mass is 10.2. The lowest BCUT2D eigenvalue weighted by molar-refractivity contribution is -0.116. The number of benzene rings is 2. The van der Waals surface area contributed by atoms with Gasteiger partial charge in [-0.1, -0.05) is 23.7 Å². The van der Waals surface area contributed by atoms with E-state index in [4.69, 9.17) is 21.1 Å². The minimum Gasteiger partial charge on any atom is -0.493 e. The zero-order valence-corrected chi connectivity index (χ0v) is 19.0. The molecule has 7 nitrogen and oxygen atoms in total. The largest absolute Gasteiger partial charge is 0.493 e. The molecule has 1 heterocycles. The molecule has 9 heteroatoms. The number of hydrogen-bond acceptors (Lipinski definition) is 5. The topological polar surface area (TPSA) is 84.9 Å². The van der Waals surface area contributed by atoms with Crippen LogP contribution in [0.3, 0.4) is 0 Å². The molecule has 0 saturated carbocycles. The fourth-order valence-electron chi connectivity index (χ4n) is 3.31. The first-order valence-electron chi connectivity index (χ1n) is 9.81. The van der Waals surface area contributed by atoms with E-state index in [9.17, 15) is 13.2 Å². The highest BCUT2D eigenvalue weighted by molar-refractivity contribution is 7.89. The molecule has 1 N–H and O–H groups in total. The van der Waals surface area contributed by atoms with Crippen LogP contribution in [0.15, 0.2) is 47.4 Å². The van der Waals surface area contributed by atoms with Crippen molar-refractivity contribution in [2.24, 2.45) is 0 Å². The van der Waals surface area contributed by atoms with Gasteiger partial charge in [0.2, 0.25) is 15.9 Å². The van der Waals surface area contributed by atoms with Crippen molar-refractivity contribution in [3.63, 3.8) is 0 Å². The average molecular weight is 465 g/mol. The van der Waals surface area contributed by atoms with E-state index in [0.29, 0.717) is 35.2 Å². The van der Waals surface area contributed by atoms with Crippen molar-refractivity contribution in [2.45, 2.75) is 24.3 Å². The predicted molar refractivity (Wildman–Crippen MR) is 120 cm³/mol. The highest BCUT2D eigenvalue weighted by Crippen LogP contribution is 2.36. The number of sulfonamides is 1. The molecule has 0 bridgehead atoms. The highest BCUT2D eigenvalue weighted by Gasteiger charge is 2.26. The van der Waals surface area contributed by atoms with E-state index in [0.717, 1.165) is 18.4 Å². The van der Waals surface area contributed by atoms with Crippen molar-refractivity contribution in [1.82, 2.24) is 9.62 Å². The van der Waals surface area contributed by atoms with Gasteiger partial charge in [0.05, 0.1) is 24.1 Å². The molecule has 0 spiro atoms. The molecule has 0 aromatic heterocycles. The molecular weight excluding hydrogens is 440 g/mol. The maximum atomic E-state index is 12.6. The van der Waals surface area contributed by atoms with Gasteiger partial charge in [-0.3, -0.25) is 4.79 Å². The van der Waals surface area contributed by atoms with E-state index in [1.165, 1.54) is 24.6 Å². The van der Waals surface area contributed by atoms with Crippen molar-refractivity contribution >= 4 is 33.6 Å². The minimum atomic E-state index is -3.44. The standard InChI is InChI=1S/C22H25ClN2O5S/c1-29-20-14-17(13-19(23)22(20)30-2)7-10-21(26)24-15-16-5-8-18(9-6-16)31(27,28)25-11-3-4-12-25/h5-10,13-14H,3-4,11-12,15H2,1-2H3,(H,24,26). The number of nitrogens with one attached hydrogen (secondary N) is 1. The molecule has 1 aliphatic rings. The smallest absolute Gasteiger partial charge is 0.244 e. The summed E-state index contributed by atoms with van der Waals surface area (Å²) < 4.78 is 37.1. The van der Waals surface area contributed by atoms with Gasteiger partial charge in [0.1, 0.15) is 0 Å². The van der Waals surface area contributed by atoms with Gasteiger partial charge in [-0.05, 0) is 54.3 Å². The molecule has 0 unspecified atom stereocenters. The third-order valence-electron chi connectivity index (χ3n) is 4.98. The number of ether oxygens (including phenoxy) is 2. The second-order valence-electron chi connectivity index (χ2n) is 7.04. The monoisotopic (exact) mass is 464 g/mol. The third kappa shape index (κ3) is 5.58. The fourth-order valence-corrected chi connectivity index (χ4v) is 5.12. The molecule has 3 rings (SSSR count). The Morgan fingerprint density at radius 3 is 2.42 bits per heavy atom. The van der Waals surface area contributed by atoms with Crippen molar-refractivity contribution in [2.75, 3.05) is 27.3 Å². The molecule has 31 heavy (non-hydrogen) atoms. The summed E-state index contributed by atoms with van der Waals surface area (Å²) >= 11 is 6.17. The quantitative estimate of drug-likeness (QED) is 0.604. The van der Waals surface area contributed by atoms with Crippen molar-refractivity contribution < 1.29 is 22.7 Å². The van der Waals surface area contributed by atoms with Gasteiger partial charge < -0.3 is 14.8 Å². The van der Waals surface area contributed by atoms with Crippen molar-refractivity contribution in [3.05, 3.63) is 58.6 Å². The number of methoxy groups -OCH3 is 2. The lowest BCUT2D eigenvalue weighted by Crippen LogP contribution is -2.27. The Morgan fingerprint density at radius 2 is 1.81 bits per heavy atom. The second kappa shape index (κ2) is 10.2. The summed E-state index contributed by atoms with van der Waals surface area (Å²) in [6, 6.07) is 9.97. The van der Waals surface area contributed by atoms with Crippen LogP contribution in [0.1, 0.15) is 24.0 Å². The number of carbonyl (C=O) groups excluding carboxylic acids is 1. The average Bonchev–Trinajstić information content (AvgIpc) is 3.32. The Morgan fingerprint density at radius 1 is 1.13 bits per heavy atom. The molecule has 2 aromatic carbocycles. The molecule has 166 valence electrons. The Balaban J connectivity index is 1.59. The predicted octanol–water partition coefficient (Wildman–Crippen LogP) is 3.47. The SMILES string of the molecule is COc1cc(C=CC(=O)NCc2ccc(S(=O)(=O)N3CCCC3)cc2)cc(Cl)c1OC. The lowest BCUT2D eigenvalue weighted by Gasteiger charge is -2.15.